The Kier molecular flexibility index (Phi) is 7.51. The first-order valence-corrected chi connectivity index (χ1v) is 16.9. The van der Waals surface area contributed by atoms with Crippen molar-refractivity contribution in [2.45, 2.75) is 0 Å². The van der Waals surface area contributed by atoms with Crippen LogP contribution in [0.5, 0.6) is 57.5 Å². The van der Waals surface area contributed by atoms with Crippen LogP contribution in [0.1, 0.15) is 0 Å². The fourth-order valence-corrected chi connectivity index (χ4v) is 8.12. The van der Waals surface area contributed by atoms with E-state index in [0.29, 0.717) is 5.39 Å². The van der Waals surface area contributed by atoms with Crippen molar-refractivity contribution >= 4 is 65.0 Å². The number of para-hydroxylation sites is 2. The molecule has 56 heavy (non-hydrogen) atoms. The van der Waals surface area contributed by atoms with E-state index in [9.17, 15) is 51.1 Å². The number of hydrogen-bond acceptors (Lipinski definition) is 11. The van der Waals surface area contributed by atoms with Gasteiger partial charge in [0.05, 0.1) is 17.1 Å². The van der Waals surface area contributed by atoms with Crippen molar-refractivity contribution in [1.29, 1.82) is 0 Å². The number of furan rings is 1. The van der Waals surface area contributed by atoms with E-state index in [4.69, 9.17) is 4.42 Å². The second-order valence-electron chi connectivity index (χ2n) is 13.4. The SMILES string of the molecule is Oc1[c-]c(-c2c(O)c(O)c(-c3ccc4ccc5ccc(-c6cccc7c6oc6ccccc67)c6ccc3c4c56)c(O)c2O)c2c(O)c(O)c(O)c(O)c2c1O.[U]. The first kappa shape index (κ1) is 34.9. The van der Waals surface area contributed by atoms with E-state index in [1.807, 2.05) is 78.9 Å². The van der Waals surface area contributed by atoms with Crippen molar-refractivity contribution in [1.82, 2.24) is 0 Å². The molecular weight excluding hydrogens is 943 g/mol. The van der Waals surface area contributed by atoms with E-state index in [-0.39, 0.29) is 42.2 Å². The fraction of sp³-hybridized carbons (Fsp3) is 0. The third kappa shape index (κ3) is 4.45. The summed E-state index contributed by atoms with van der Waals surface area (Å²) >= 11 is 0. The van der Waals surface area contributed by atoms with Crippen LogP contribution in [0.15, 0.2) is 95.4 Å². The van der Waals surface area contributed by atoms with Crippen LogP contribution in [0, 0.1) is 37.2 Å². The second-order valence-corrected chi connectivity index (χ2v) is 13.4. The molecule has 10 N–H and O–H groups in total. The van der Waals surface area contributed by atoms with Gasteiger partial charge in [0.2, 0.25) is 5.75 Å². The van der Waals surface area contributed by atoms with E-state index in [1.165, 1.54) is 0 Å². The first-order chi connectivity index (χ1) is 26.5. The molecule has 10 aromatic rings. The molecule has 12 heteroatoms. The summed E-state index contributed by atoms with van der Waals surface area (Å²) in [6.45, 7) is 0. The third-order valence-corrected chi connectivity index (χ3v) is 10.6. The predicted molar refractivity (Wildman–Crippen MR) is 207 cm³/mol. The zero-order chi connectivity index (χ0) is 38.2. The number of benzene rings is 9. The number of aromatic hydroxyl groups is 10. The quantitative estimate of drug-likeness (QED) is 0.0348. The second kappa shape index (κ2) is 12.1. The molecule has 0 fully saturated rings. The first-order valence-electron chi connectivity index (χ1n) is 16.9. The molecule has 272 valence electrons. The summed E-state index contributed by atoms with van der Waals surface area (Å²) in [5.41, 5.74) is 1.72. The summed E-state index contributed by atoms with van der Waals surface area (Å²) in [5, 5.41) is 114. The molecule has 0 aliphatic carbocycles. The van der Waals surface area contributed by atoms with Crippen molar-refractivity contribution in [3.05, 3.63) is 97.1 Å². The van der Waals surface area contributed by atoms with Gasteiger partial charge in [-0.2, -0.15) is 0 Å². The number of rotatable bonds is 3. The minimum atomic E-state index is -1.24. The largest absolute Gasteiger partial charge is 0.547 e. The molecule has 0 unspecified atom stereocenters. The van der Waals surface area contributed by atoms with Gasteiger partial charge in [0, 0.05) is 47.4 Å². The average molecular weight is 968 g/mol. The van der Waals surface area contributed by atoms with Crippen molar-refractivity contribution in [2.75, 3.05) is 0 Å². The monoisotopic (exact) mass is 967 g/mol. The molecule has 0 saturated carbocycles. The van der Waals surface area contributed by atoms with Gasteiger partial charge in [-0.25, -0.2) is 0 Å². The number of fused-ring (bicyclic) bond motifs is 4. The van der Waals surface area contributed by atoms with Crippen LogP contribution in [-0.2, 0) is 0 Å². The molecule has 0 bridgehead atoms. The van der Waals surface area contributed by atoms with Crippen LogP contribution in [0.25, 0.3) is 98.4 Å². The molecule has 0 atom stereocenters. The summed E-state index contributed by atoms with van der Waals surface area (Å²) in [7, 11) is 0. The van der Waals surface area contributed by atoms with Crippen molar-refractivity contribution in [3.63, 3.8) is 0 Å². The summed E-state index contributed by atoms with van der Waals surface area (Å²) < 4.78 is 6.37. The summed E-state index contributed by atoms with van der Waals surface area (Å²) in [6.07, 6.45) is 0. The maximum atomic E-state index is 11.6. The average Bonchev–Trinajstić information content (AvgIpc) is 3.58. The maximum Gasteiger partial charge on any atom is 0.202 e. The molecular formula is C44H25O11U-. The van der Waals surface area contributed by atoms with Gasteiger partial charge in [-0.15, -0.1) is 5.56 Å². The smallest absolute Gasteiger partial charge is 0.202 e. The van der Waals surface area contributed by atoms with E-state index < -0.39 is 79.4 Å². The molecule has 0 saturated heterocycles. The number of hydrogen-bond donors (Lipinski definition) is 10. The minimum Gasteiger partial charge on any atom is -0.547 e. The zero-order valence-corrected chi connectivity index (χ0v) is 32.7. The molecule has 10 rings (SSSR count). The molecule has 0 radical (unpaired) electrons. The van der Waals surface area contributed by atoms with E-state index in [0.717, 1.165) is 60.0 Å². The Morgan fingerprint density at radius 2 is 0.911 bits per heavy atom. The van der Waals surface area contributed by atoms with Gasteiger partial charge in [-0.3, -0.25) is 0 Å². The molecule has 0 aliphatic heterocycles. The Hall–Kier alpha value is -6.87. The molecule has 11 nitrogen and oxygen atoms in total. The number of phenolic OH excluding ortho intramolecular Hbond substituents is 10. The standard InChI is InChI=1S/C44H25O11.U/c45-27-16-26(31-34(35(27)46)41(52)43(54)42(53)36(31)47)33-39(50)37(48)32(38(49)40(33)51)23-13-11-18-9-8-17-10-12-19(21-14-15-22(23)30(18)29(17)21)24-5-3-6-25-20-4-1-2-7-28(20)55-44(24)25;/h1-15,45-54H;/q-1;. The van der Waals surface area contributed by atoms with Crippen LogP contribution < -0.4 is 0 Å². The normalized spacial score (nSPS) is 11.8. The predicted octanol–water partition coefficient (Wildman–Crippen LogP) is 9.49. The van der Waals surface area contributed by atoms with Crippen LogP contribution in [0.3, 0.4) is 0 Å². The minimum absolute atomic E-state index is 0. The van der Waals surface area contributed by atoms with E-state index >= 15 is 0 Å². The third-order valence-electron chi connectivity index (χ3n) is 10.6. The molecule has 0 spiro atoms. The summed E-state index contributed by atoms with van der Waals surface area (Å²) in [6, 6.07) is 31.2. The zero-order valence-electron chi connectivity index (χ0n) is 28.5. The Morgan fingerprint density at radius 3 is 1.57 bits per heavy atom. The Morgan fingerprint density at radius 1 is 0.375 bits per heavy atom. The maximum absolute atomic E-state index is 11.6. The van der Waals surface area contributed by atoms with Crippen LogP contribution >= 0.6 is 0 Å². The summed E-state index contributed by atoms with van der Waals surface area (Å²) in [4.78, 5) is 0. The van der Waals surface area contributed by atoms with Crippen LogP contribution in [0.2, 0.25) is 0 Å². The van der Waals surface area contributed by atoms with E-state index in [2.05, 4.69) is 6.07 Å². The van der Waals surface area contributed by atoms with Crippen molar-refractivity contribution in [2.24, 2.45) is 0 Å². The molecule has 1 aromatic heterocycles. The van der Waals surface area contributed by atoms with Gasteiger partial charge >= 0.3 is 0 Å². The van der Waals surface area contributed by atoms with Gasteiger partial charge < -0.3 is 55.5 Å². The van der Waals surface area contributed by atoms with Crippen LogP contribution in [0.4, 0.5) is 0 Å². The molecule has 0 aliphatic rings. The summed E-state index contributed by atoms with van der Waals surface area (Å²) in [5.74, 6) is -10.8. The Balaban J connectivity index is 0.00000410. The van der Waals surface area contributed by atoms with Crippen LogP contribution in [-0.4, -0.2) is 51.1 Å². The fourth-order valence-electron chi connectivity index (χ4n) is 8.12. The van der Waals surface area contributed by atoms with Gasteiger partial charge in [-0.1, -0.05) is 91.0 Å². The number of phenols is 10. The Labute approximate surface area is 337 Å². The van der Waals surface area contributed by atoms with Gasteiger partial charge in [0.15, 0.2) is 23.0 Å². The van der Waals surface area contributed by atoms with Gasteiger partial charge in [0.25, 0.3) is 0 Å². The Bertz CT molecular complexity index is 3300. The van der Waals surface area contributed by atoms with Gasteiger partial charge in [0.1, 0.15) is 28.4 Å². The van der Waals surface area contributed by atoms with E-state index in [1.54, 1.807) is 12.1 Å². The van der Waals surface area contributed by atoms with Gasteiger partial charge in [-0.05, 0) is 65.8 Å². The topological polar surface area (TPSA) is 215 Å². The van der Waals surface area contributed by atoms with Crippen molar-refractivity contribution < 1.29 is 86.6 Å². The molecule has 9 aromatic carbocycles. The molecule has 1 heterocycles. The molecule has 0 amide bonds. The van der Waals surface area contributed by atoms with Crippen molar-refractivity contribution in [3.8, 4) is 90.9 Å².